The molecular weight excluding hydrogens is 126 g/mol. The van der Waals surface area contributed by atoms with Crippen LogP contribution in [0.25, 0.3) is 0 Å². The standard InChI is InChI=1S/C8H13NO/c1-4-5-6-8(2,3)7-9-10/h1,7,10H,5-6H2,2-3H3. The number of rotatable bonds is 3. The van der Waals surface area contributed by atoms with Crippen LogP contribution >= 0.6 is 0 Å². The molecule has 0 unspecified atom stereocenters. The monoisotopic (exact) mass is 139 g/mol. The molecule has 0 aliphatic rings. The lowest BCUT2D eigenvalue weighted by Crippen LogP contribution is -2.12. The van der Waals surface area contributed by atoms with E-state index in [9.17, 15) is 0 Å². The van der Waals surface area contributed by atoms with Crippen LogP contribution in [0.5, 0.6) is 0 Å². The van der Waals surface area contributed by atoms with Gasteiger partial charge in [-0.15, -0.1) is 17.5 Å². The van der Waals surface area contributed by atoms with Gasteiger partial charge in [0.25, 0.3) is 0 Å². The molecule has 0 bridgehead atoms. The zero-order chi connectivity index (χ0) is 8.04. The van der Waals surface area contributed by atoms with Gasteiger partial charge in [0.05, 0.1) is 0 Å². The fourth-order valence-electron chi connectivity index (χ4n) is 0.615. The van der Waals surface area contributed by atoms with Crippen LogP contribution in [0.4, 0.5) is 0 Å². The molecule has 0 aromatic rings. The molecule has 0 radical (unpaired) electrons. The van der Waals surface area contributed by atoms with Gasteiger partial charge in [0.1, 0.15) is 0 Å². The Morgan fingerprint density at radius 3 is 2.70 bits per heavy atom. The first kappa shape index (κ1) is 9.03. The van der Waals surface area contributed by atoms with Crippen LogP contribution in [-0.2, 0) is 0 Å². The normalized spacial score (nSPS) is 11.7. The van der Waals surface area contributed by atoms with Gasteiger partial charge >= 0.3 is 0 Å². The van der Waals surface area contributed by atoms with E-state index in [-0.39, 0.29) is 5.41 Å². The van der Waals surface area contributed by atoms with E-state index in [0.717, 1.165) is 12.8 Å². The molecule has 1 N–H and O–H groups in total. The highest BCUT2D eigenvalue weighted by atomic mass is 16.4. The summed E-state index contributed by atoms with van der Waals surface area (Å²) in [5.41, 5.74) is -0.0822. The fraction of sp³-hybridized carbons (Fsp3) is 0.625. The minimum atomic E-state index is -0.0822. The molecule has 0 aliphatic heterocycles. The fourth-order valence-corrected chi connectivity index (χ4v) is 0.615. The van der Waals surface area contributed by atoms with Crippen molar-refractivity contribution in [1.82, 2.24) is 0 Å². The van der Waals surface area contributed by atoms with E-state index in [4.69, 9.17) is 11.6 Å². The maximum Gasteiger partial charge on any atom is 0.0492 e. The van der Waals surface area contributed by atoms with Crippen molar-refractivity contribution in [2.75, 3.05) is 0 Å². The van der Waals surface area contributed by atoms with E-state index in [1.807, 2.05) is 13.8 Å². The minimum Gasteiger partial charge on any atom is -0.411 e. The maximum absolute atomic E-state index is 8.22. The number of nitrogens with zero attached hydrogens (tertiary/aromatic N) is 1. The van der Waals surface area contributed by atoms with E-state index in [0.29, 0.717) is 0 Å². The van der Waals surface area contributed by atoms with Crippen LogP contribution in [0.2, 0.25) is 0 Å². The third-order valence-electron chi connectivity index (χ3n) is 1.32. The van der Waals surface area contributed by atoms with Crippen molar-refractivity contribution in [3.8, 4) is 12.3 Å². The molecule has 0 heterocycles. The third-order valence-corrected chi connectivity index (χ3v) is 1.32. The van der Waals surface area contributed by atoms with Gasteiger partial charge in [0.15, 0.2) is 0 Å². The lowest BCUT2D eigenvalue weighted by atomic mass is 9.90. The smallest absolute Gasteiger partial charge is 0.0492 e. The van der Waals surface area contributed by atoms with Crippen molar-refractivity contribution >= 4 is 6.21 Å². The molecular formula is C8H13NO. The highest BCUT2D eigenvalue weighted by Gasteiger charge is 2.13. The Kier molecular flexibility index (Phi) is 3.56. The minimum absolute atomic E-state index is 0.0822. The average Bonchev–Trinajstić information content (AvgIpc) is 1.84. The Bertz CT molecular complexity index is 153. The number of hydrogen-bond acceptors (Lipinski definition) is 2. The van der Waals surface area contributed by atoms with Crippen LogP contribution in [0, 0.1) is 17.8 Å². The predicted octanol–water partition coefficient (Wildman–Crippen LogP) is 1.89. The van der Waals surface area contributed by atoms with E-state index in [2.05, 4.69) is 11.1 Å². The lowest BCUT2D eigenvalue weighted by Gasteiger charge is -2.15. The summed E-state index contributed by atoms with van der Waals surface area (Å²) in [7, 11) is 0. The molecule has 0 saturated carbocycles. The van der Waals surface area contributed by atoms with Gasteiger partial charge in [-0.05, 0) is 6.42 Å². The van der Waals surface area contributed by atoms with E-state index in [1.54, 1.807) is 0 Å². The quantitative estimate of drug-likeness (QED) is 0.275. The van der Waals surface area contributed by atoms with Gasteiger partial charge in [-0.25, -0.2) is 0 Å². The van der Waals surface area contributed by atoms with Gasteiger partial charge in [-0.3, -0.25) is 0 Å². The molecule has 10 heavy (non-hydrogen) atoms. The molecule has 0 rings (SSSR count). The van der Waals surface area contributed by atoms with Gasteiger partial charge < -0.3 is 5.21 Å². The summed E-state index contributed by atoms with van der Waals surface area (Å²) in [6.45, 7) is 3.95. The van der Waals surface area contributed by atoms with Crippen molar-refractivity contribution in [2.24, 2.45) is 10.6 Å². The molecule has 0 spiro atoms. The molecule has 0 amide bonds. The summed E-state index contributed by atoms with van der Waals surface area (Å²) in [6.07, 6.45) is 8.16. The van der Waals surface area contributed by atoms with Crippen molar-refractivity contribution in [2.45, 2.75) is 26.7 Å². The summed E-state index contributed by atoms with van der Waals surface area (Å²) in [6, 6.07) is 0. The number of oxime groups is 1. The van der Waals surface area contributed by atoms with Crippen molar-refractivity contribution in [3.05, 3.63) is 0 Å². The maximum atomic E-state index is 8.22. The molecule has 2 nitrogen and oxygen atoms in total. The molecule has 0 saturated heterocycles. The first-order valence-corrected chi connectivity index (χ1v) is 3.24. The van der Waals surface area contributed by atoms with Gasteiger partial charge in [-0.2, -0.15) is 0 Å². The van der Waals surface area contributed by atoms with Gasteiger partial charge in [0.2, 0.25) is 0 Å². The highest BCUT2D eigenvalue weighted by molar-refractivity contribution is 5.63. The Hall–Kier alpha value is -0.970. The second-order valence-corrected chi connectivity index (χ2v) is 2.94. The van der Waals surface area contributed by atoms with Crippen LogP contribution in [0.3, 0.4) is 0 Å². The first-order chi connectivity index (χ1) is 4.62. The van der Waals surface area contributed by atoms with E-state index in [1.165, 1.54) is 6.21 Å². The summed E-state index contributed by atoms with van der Waals surface area (Å²) < 4.78 is 0. The van der Waals surface area contributed by atoms with Crippen LogP contribution < -0.4 is 0 Å². The first-order valence-electron chi connectivity index (χ1n) is 3.24. The SMILES string of the molecule is C#CCCC(C)(C)C=NO. The van der Waals surface area contributed by atoms with E-state index >= 15 is 0 Å². The molecule has 2 heteroatoms. The third kappa shape index (κ3) is 3.96. The van der Waals surface area contributed by atoms with Crippen LogP contribution in [-0.4, -0.2) is 11.4 Å². The van der Waals surface area contributed by atoms with Crippen LogP contribution in [0.1, 0.15) is 26.7 Å². The zero-order valence-corrected chi connectivity index (χ0v) is 6.46. The predicted molar refractivity (Wildman–Crippen MR) is 42.1 cm³/mol. The van der Waals surface area contributed by atoms with Crippen molar-refractivity contribution < 1.29 is 5.21 Å². The largest absolute Gasteiger partial charge is 0.411 e. The number of terminal acetylenes is 1. The topological polar surface area (TPSA) is 32.6 Å². The highest BCUT2D eigenvalue weighted by Crippen LogP contribution is 2.18. The molecule has 0 aliphatic carbocycles. The summed E-state index contributed by atoms with van der Waals surface area (Å²) in [5, 5.41) is 11.2. The second-order valence-electron chi connectivity index (χ2n) is 2.94. The van der Waals surface area contributed by atoms with E-state index < -0.39 is 0 Å². The Balaban J connectivity index is 3.77. The Morgan fingerprint density at radius 2 is 2.30 bits per heavy atom. The lowest BCUT2D eigenvalue weighted by molar-refractivity contribution is 0.312. The van der Waals surface area contributed by atoms with Crippen LogP contribution in [0.15, 0.2) is 5.16 Å². The number of hydrogen-bond donors (Lipinski definition) is 1. The van der Waals surface area contributed by atoms with Crippen molar-refractivity contribution in [1.29, 1.82) is 0 Å². The Morgan fingerprint density at radius 1 is 1.70 bits per heavy atom. The zero-order valence-electron chi connectivity index (χ0n) is 6.46. The van der Waals surface area contributed by atoms with Crippen molar-refractivity contribution in [3.63, 3.8) is 0 Å². The average molecular weight is 139 g/mol. The summed E-state index contributed by atoms with van der Waals surface area (Å²) in [5.74, 6) is 2.54. The second kappa shape index (κ2) is 3.94. The summed E-state index contributed by atoms with van der Waals surface area (Å²) in [4.78, 5) is 0. The molecule has 0 atom stereocenters. The summed E-state index contributed by atoms with van der Waals surface area (Å²) >= 11 is 0. The van der Waals surface area contributed by atoms with Gasteiger partial charge in [-0.1, -0.05) is 13.8 Å². The Labute approximate surface area is 61.9 Å². The molecule has 0 aromatic heterocycles. The molecule has 0 fully saturated rings. The molecule has 56 valence electrons. The van der Waals surface area contributed by atoms with Gasteiger partial charge in [0, 0.05) is 18.1 Å². The molecule has 0 aromatic carbocycles.